The maximum atomic E-state index is 8.97. The molecular formula is C23H18N8O. The number of nitriles is 2. The fraction of sp³-hybridized carbons (Fsp3) is 0.0870. The van der Waals surface area contributed by atoms with Crippen molar-refractivity contribution in [3.63, 3.8) is 0 Å². The number of rotatable bonds is 6. The number of aryl methyl sites for hydroxylation is 1. The first-order valence-corrected chi connectivity index (χ1v) is 9.61. The second-order valence-corrected chi connectivity index (χ2v) is 6.81. The topological polar surface area (TPSA) is 135 Å². The number of anilines is 4. The number of fused-ring (bicyclic) bond motifs is 1. The van der Waals surface area contributed by atoms with E-state index in [9.17, 15) is 0 Å². The van der Waals surface area contributed by atoms with Gasteiger partial charge >= 0.3 is 0 Å². The largest absolute Gasteiger partial charge is 0.495 e. The zero-order valence-corrected chi connectivity index (χ0v) is 17.3. The summed E-state index contributed by atoms with van der Waals surface area (Å²) in [6.07, 6.45) is 4.69. The summed E-state index contributed by atoms with van der Waals surface area (Å²) in [6, 6.07) is 14.9. The van der Waals surface area contributed by atoms with Gasteiger partial charge in [0.2, 0.25) is 5.95 Å². The predicted molar refractivity (Wildman–Crippen MR) is 122 cm³/mol. The van der Waals surface area contributed by atoms with E-state index in [2.05, 4.69) is 36.6 Å². The summed E-state index contributed by atoms with van der Waals surface area (Å²) in [7, 11) is 1.58. The van der Waals surface area contributed by atoms with Crippen LogP contribution in [0, 0.1) is 29.6 Å². The van der Waals surface area contributed by atoms with Crippen molar-refractivity contribution >= 4 is 40.4 Å². The zero-order chi connectivity index (χ0) is 22.5. The highest BCUT2D eigenvalue weighted by Gasteiger charge is 2.15. The molecule has 2 aromatic heterocycles. The number of benzene rings is 2. The molecule has 4 rings (SSSR count). The Kier molecular flexibility index (Phi) is 5.64. The molecule has 156 valence electrons. The minimum atomic E-state index is 0.360. The summed E-state index contributed by atoms with van der Waals surface area (Å²) in [5, 5.41) is 24.2. The third kappa shape index (κ3) is 4.18. The van der Waals surface area contributed by atoms with Crippen LogP contribution < -0.4 is 15.4 Å². The van der Waals surface area contributed by atoms with Crippen LogP contribution in [0.15, 0.2) is 48.8 Å². The Morgan fingerprint density at radius 3 is 2.62 bits per heavy atom. The highest BCUT2D eigenvalue weighted by molar-refractivity contribution is 5.88. The first-order valence-electron chi connectivity index (χ1n) is 9.61. The summed E-state index contributed by atoms with van der Waals surface area (Å²) >= 11 is 0. The highest BCUT2D eigenvalue weighted by atomic mass is 16.5. The Balaban J connectivity index is 1.71. The van der Waals surface area contributed by atoms with Crippen molar-refractivity contribution in [2.75, 3.05) is 17.7 Å². The third-order valence-corrected chi connectivity index (χ3v) is 4.68. The molecule has 0 fully saturated rings. The number of hydrogen-bond donors (Lipinski definition) is 3. The van der Waals surface area contributed by atoms with Crippen LogP contribution in [0.5, 0.6) is 5.75 Å². The van der Waals surface area contributed by atoms with Gasteiger partial charge in [-0.2, -0.15) is 20.5 Å². The van der Waals surface area contributed by atoms with Gasteiger partial charge in [-0.3, -0.25) is 0 Å². The number of aromatic nitrogens is 4. The van der Waals surface area contributed by atoms with Crippen molar-refractivity contribution in [1.29, 1.82) is 10.5 Å². The van der Waals surface area contributed by atoms with Crippen LogP contribution in [0.2, 0.25) is 0 Å². The molecule has 2 aromatic carbocycles. The van der Waals surface area contributed by atoms with E-state index in [-0.39, 0.29) is 0 Å². The molecular weight excluding hydrogens is 404 g/mol. The number of ether oxygens (including phenoxy) is 1. The SMILES string of the molecule is COc1cc(/C=C/C#N)cc(C)c1Nc1nc(Nc2ccc(C#N)cc2)nc2[nH]cnc12. The molecule has 0 spiro atoms. The summed E-state index contributed by atoms with van der Waals surface area (Å²) in [4.78, 5) is 16.4. The molecule has 0 amide bonds. The van der Waals surface area contributed by atoms with Crippen molar-refractivity contribution < 1.29 is 4.74 Å². The molecule has 0 aliphatic carbocycles. The third-order valence-electron chi connectivity index (χ3n) is 4.68. The Bertz CT molecular complexity index is 1390. The Morgan fingerprint density at radius 1 is 1.09 bits per heavy atom. The van der Waals surface area contributed by atoms with Crippen molar-refractivity contribution in [3.05, 3.63) is 65.5 Å². The number of H-pyrrole nitrogens is 1. The highest BCUT2D eigenvalue weighted by Crippen LogP contribution is 2.34. The van der Waals surface area contributed by atoms with Gasteiger partial charge in [-0.25, -0.2) is 4.98 Å². The molecule has 0 radical (unpaired) electrons. The van der Waals surface area contributed by atoms with Crippen LogP contribution in [-0.2, 0) is 0 Å². The molecule has 0 bridgehead atoms. The molecule has 0 atom stereocenters. The maximum Gasteiger partial charge on any atom is 0.231 e. The van der Waals surface area contributed by atoms with Gasteiger partial charge < -0.3 is 20.4 Å². The van der Waals surface area contributed by atoms with Crippen molar-refractivity contribution in [2.24, 2.45) is 0 Å². The Labute approximate surface area is 184 Å². The smallest absolute Gasteiger partial charge is 0.231 e. The molecule has 0 unspecified atom stereocenters. The normalized spacial score (nSPS) is 10.6. The van der Waals surface area contributed by atoms with E-state index < -0.39 is 0 Å². The van der Waals surface area contributed by atoms with Gasteiger partial charge in [0.15, 0.2) is 17.0 Å². The average Bonchev–Trinajstić information content (AvgIpc) is 3.28. The minimum absolute atomic E-state index is 0.360. The second-order valence-electron chi connectivity index (χ2n) is 6.81. The second kappa shape index (κ2) is 8.86. The Morgan fingerprint density at radius 2 is 1.91 bits per heavy atom. The number of hydrogen-bond acceptors (Lipinski definition) is 8. The summed E-state index contributed by atoms with van der Waals surface area (Å²) in [5.74, 6) is 1.46. The van der Waals surface area contributed by atoms with Crippen molar-refractivity contribution in [1.82, 2.24) is 19.9 Å². The monoisotopic (exact) mass is 422 g/mol. The fourth-order valence-electron chi connectivity index (χ4n) is 3.19. The quantitative estimate of drug-likeness (QED) is 0.385. The number of imidazole rings is 1. The van der Waals surface area contributed by atoms with E-state index in [0.717, 1.165) is 22.5 Å². The molecule has 3 N–H and O–H groups in total. The van der Waals surface area contributed by atoms with E-state index in [1.54, 1.807) is 43.8 Å². The fourth-order valence-corrected chi connectivity index (χ4v) is 3.19. The first kappa shape index (κ1) is 20.4. The number of nitrogens with one attached hydrogen (secondary N) is 3. The first-order chi connectivity index (χ1) is 15.6. The molecule has 32 heavy (non-hydrogen) atoms. The van der Waals surface area contributed by atoms with Gasteiger partial charge in [0, 0.05) is 11.8 Å². The number of methoxy groups -OCH3 is 1. The lowest BCUT2D eigenvalue weighted by Crippen LogP contribution is -2.04. The van der Waals surface area contributed by atoms with E-state index in [1.165, 1.54) is 6.08 Å². The molecule has 9 heteroatoms. The van der Waals surface area contributed by atoms with Gasteiger partial charge in [-0.1, -0.05) is 0 Å². The molecule has 0 saturated heterocycles. The maximum absolute atomic E-state index is 8.97. The van der Waals surface area contributed by atoms with Gasteiger partial charge in [-0.15, -0.1) is 0 Å². The lowest BCUT2D eigenvalue weighted by molar-refractivity contribution is 0.416. The lowest BCUT2D eigenvalue weighted by Gasteiger charge is -2.15. The number of aromatic amines is 1. The number of allylic oxidation sites excluding steroid dienone is 1. The standard InChI is InChI=1S/C23H18N8O/c1-14-10-16(4-3-9-24)11-18(32-2)19(14)29-22-20-21(27-13-26-20)30-23(31-22)28-17-7-5-15(12-25)6-8-17/h3-8,10-11,13H,1-2H3,(H3,26,27,28,29,30,31)/b4-3+. The van der Waals surface area contributed by atoms with Crippen LogP contribution >= 0.6 is 0 Å². The number of nitrogens with zero attached hydrogens (tertiary/aromatic N) is 5. The van der Waals surface area contributed by atoms with Crippen LogP contribution in [0.1, 0.15) is 16.7 Å². The summed E-state index contributed by atoms with van der Waals surface area (Å²) < 4.78 is 5.57. The van der Waals surface area contributed by atoms with E-state index in [4.69, 9.17) is 15.3 Å². The van der Waals surface area contributed by atoms with Crippen LogP contribution in [0.4, 0.5) is 23.1 Å². The van der Waals surface area contributed by atoms with Crippen LogP contribution in [0.25, 0.3) is 17.2 Å². The van der Waals surface area contributed by atoms with Crippen LogP contribution in [-0.4, -0.2) is 27.0 Å². The predicted octanol–water partition coefficient (Wildman–Crippen LogP) is 4.57. The van der Waals surface area contributed by atoms with Gasteiger partial charge in [0.05, 0.1) is 36.8 Å². The van der Waals surface area contributed by atoms with E-state index in [0.29, 0.717) is 34.2 Å². The van der Waals surface area contributed by atoms with Gasteiger partial charge in [0.1, 0.15) is 5.75 Å². The summed E-state index contributed by atoms with van der Waals surface area (Å²) in [5.41, 5.74) is 4.94. The summed E-state index contributed by atoms with van der Waals surface area (Å²) in [6.45, 7) is 1.94. The molecule has 0 aliphatic heterocycles. The van der Waals surface area contributed by atoms with Crippen molar-refractivity contribution in [2.45, 2.75) is 6.92 Å². The van der Waals surface area contributed by atoms with Gasteiger partial charge in [0.25, 0.3) is 0 Å². The van der Waals surface area contributed by atoms with Crippen LogP contribution in [0.3, 0.4) is 0 Å². The molecule has 9 nitrogen and oxygen atoms in total. The minimum Gasteiger partial charge on any atom is -0.495 e. The van der Waals surface area contributed by atoms with Gasteiger partial charge in [-0.05, 0) is 60.5 Å². The van der Waals surface area contributed by atoms with E-state index in [1.807, 2.05) is 25.1 Å². The Hall–Kier alpha value is -4.89. The molecule has 0 aliphatic rings. The zero-order valence-electron chi connectivity index (χ0n) is 17.3. The molecule has 4 aromatic rings. The van der Waals surface area contributed by atoms with E-state index >= 15 is 0 Å². The molecule has 0 saturated carbocycles. The van der Waals surface area contributed by atoms with Crippen molar-refractivity contribution in [3.8, 4) is 17.9 Å². The average molecular weight is 422 g/mol. The molecule has 2 heterocycles. The lowest BCUT2D eigenvalue weighted by atomic mass is 10.1.